The third kappa shape index (κ3) is 9.48. The van der Waals surface area contributed by atoms with Gasteiger partial charge in [0.25, 0.3) is 0 Å². The van der Waals surface area contributed by atoms with Crippen molar-refractivity contribution in [1.82, 2.24) is 0 Å². The number of hydrogen-bond donors (Lipinski definition) is 0. The number of hydrogen-bond acceptors (Lipinski definition) is 7. The highest BCUT2D eigenvalue weighted by Gasteiger charge is 2.04. The summed E-state index contributed by atoms with van der Waals surface area (Å²) in [4.78, 5) is 21.8. The van der Waals surface area contributed by atoms with Crippen LogP contribution in [0.3, 0.4) is 0 Å². The van der Waals surface area contributed by atoms with Crippen LogP contribution in [0.5, 0.6) is 11.5 Å². The maximum atomic E-state index is 10.9. The molecule has 7 nitrogen and oxygen atoms in total. The molecule has 0 saturated carbocycles. The number of benzene rings is 1. The summed E-state index contributed by atoms with van der Waals surface area (Å²) in [5.74, 6) is 0.267. The average Bonchev–Trinajstić information content (AvgIpc) is 2.67. The van der Waals surface area contributed by atoms with E-state index in [1.807, 2.05) is 12.1 Å². The second kappa shape index (κ2) is 13.5. The van der Waals surface area contributed by atoms with E-state index in [0.29, 0.717) is 37.7 Å². The summed E-state index contributed by atoms with van der Waals surface area (Å²) in [5.41, 5.74) is 0. The number of carbonyl (C=O) groups is 2. The molecule has 0 saturated heterocycles. The maximum Gasteiger partial charge on any atom is 0.330 e. The van der Waals surface area contributed by atoms with E-state index >= 15 is 0 Å². The molecular weight excluding hydrogens is 340 g/mol. The van der Waals surface area contributed by atoms with Crippen LogP contribution in [0.15, 0.2) is 49.6 Å². The van der Waals surface area contributed by atoms with Gasteiger partial charge in [-0.1, -0.05) is 25.3 Å². The fourth-order valence-corrected chi connectivity index (χ4v) is 1.73. The Balaban J connectivity index is 2.20. The van der Waals surface area contributed by atoms with Gasteiger partial charge in [0, 0.05) is 18.6 Å². The molecule has 0 radical (unpaired) electrons. The van der Waals surface area contributed by atoms with Gasteiger partial charge < -0.3 is 23.7 Å². The third-order valence-corrected chi connectivity index (χ3v) is 2.93. The zero-order valence-corrected chi connectivity index (χ0v) is 14.7. The highest BCUT2D eigenvalue weighted by Crippen LogP contribution is 2.26. The van der Waals surface area contributed by atoms with Gasteiger partial charge in [0.1, 0.15) is 13.2 Å². The molecule has 0 aliphatic heterocycles. The summed E-state index contributed by atoms with van der Waals surface area (Å²) in [6, 6.07) is 7.26. The number of carbonyl (C=O) groups excluding carboxylic acids is 2. The first-order valence-corrected chi connectivity index (χ1v) is 8.18. The normalized spacial score (nSPS) is 9.85. The van der Waals surface area contributed by atoms with Crippen LogP contribution in [0.1, 0.15) is 6.42 Å². The van der Waals surface area contributed by atoms with Gasteiger partial charge in [-0.05, 0) is 12.1 Å². The topological polar surface area (TPSA) is 80.3 Å². The SMILES string of the molecule is C=CC(=O)OCCCOc1ccccc1OCCOCCOC(=O)C=C. The molecule has 0 fully saturated rings. The molecule has 0 atom stereocenters. The Labute approximate surface area is 153 Å². The zero-order chi connectivity index (χ0) is 19.0. The van der Waals surface area contributed by atoms with Crippen LogP contribution in [-0.4, -0.2) is 51.6 Å². The monoisotopic (exact) mass is 364 g/mol. The summed E-state index contributed by atoms with van der Waals surface area (Å²) in [7, 11) is 0. The van der Waals surface area contributed by atoms with Crippen LogP contribution in [0.25, 0.3) is 0 Å². The first-order valence-electron chi connectivity index (χ1n) is 8.18. The van der Waals surface area contributed by atoms with Gasteiger partial charge in [-0.2, -0.15) is 0 Å². The Morgan fingerprint density at radius 3 is 1.92 bits per heavy atom. The molecular formula is C19H24O7. The van der Waals surface area contributed by atoms with Crippen molar-refractivity contribution < 1.29 is 33.3 Å². The minimum Gasteiger partial charge on any atom is -0.490 e. The minimum absolute atomic E-state index is 0.168. The molecule has 0 heterocycles. The van der Waals surface area contributed by atoms with Crippen molar-refractivity contribution in [3.63, 3.8) is 0 Å². The Morgan fingerprint density at radius 2 is 1.31 bits per heavy atom. The Bertz CT molecular complexity index is 583. The van der Waals surface area contributed by atoms with Crippen molar-refractivity contribution >= 4 is 11.9 Å². The van der Waals surface area contributed by atoms with E-state index in [1.54, 1.807) is 12.1 Å². The zero-order valence-electron chi connectivity index (χ0n) is 14.7. The van der Waals surface area contributed by atoms with Crippen LogP contribution < -0.4 is 9.47 Å². The highest BCUT2D eigenvalue weighted by molar-refractivity contribution is 5.81. The lowest BCUT2D eigenvalue weighted by atomic mass is 10.3. The van der Waals surface area contributed by atoms with Crippen molar-refractivity contribution in [3.8, 4) is 11.5 Å². The summed E-state index contributed by atoms with van der Waals surface area (Å²) >= 11 is 0. The Hall–Kier alpha value is -2.80. The van der Waals surface area contributed by atoms with Crippen molar-refractivity contribution in [2.75, 3.05) is 39.6 Å². The third-order valence-electron chi connectivity index (χ3n) is 2.93. The number of ether oxygens (including phenoxy) is 5. The van der Waals surface area contributed by atoms with Crippen molar-refractivity contribution in [3.05, 3.63) is 49.6 Å². The molecule has 0 amide bonds. The molecule has 0 N–H and O–H groups in total. The summed E-state index contributed by atoms with van der Waals surface area (Å²) in [6.45, 7) is 8.39. The lowest BCUT2D eigenvalue weighted by molar-refractivity contribution is -0.139. The van der Waals surface area contributed by atoms with E-state index in [4.69, 9.17) is 23.7 Å². The highest BCUT2D eigenvalue weighted by atomic mass is 16.6. The second-order valence-electron chi connectivity index (χ2n) is 4.85. The molecule has 7 heteroatoms. The van der Waals surface area contributed by atoms with E-state index in [2.05, 4.69) is 13.2 Å². The van der Waals surface area contributed by atoms with Crippen LogP contribution in [0, 0.1) is 0 Å². The van der Waals surface area contributed by atoms with Crippen molar-refractivity contribution in [2.45, 2.75) is 6.42 Å². The first kappa shape index (κ1) is 21.2. The predicted octanol–water partition coefficient (Wildman–Crippen LogP) is 2.31. The van der Waals surface area contributed by atoms with Crippen LogP contribution >= 0.6 is 0 Å². The molecule has 1 aromatic carbocycles. The first-order chi connectivity index (χ1) is 12.7. The fraction of sp³-hybridized carbons (Fsp3) is 0.368. The molecule has 26 heavy (non-hydrogen) atoms. The minimum atomic E-state index is -0.477. The van der Waals surface area contributed by atoms with Gasteiger partial charge in [-0.25, -0.2) is 9.59 Å². The number of esters is 2. The van der Waals surface area contributed by atoms with E-state index in [1.165, 1.54) is 0 Å². The lowest BCUT2D eigenvalue weighted by Crippen LogP contribution is -2.13. The van der Waals surface area contributed by atoms with Crippen LogP contribution in [0.2, 0.25) is 0 Å². The predicted molar refractivity (Wildman–Crippen MR) is 95.2 cm³/mol. The largest absolute Gasteiger partial charge is 0.490 e. The maximum absolute atomic E-state index is 10.9. The van der Waals surface area contributed by atoms with E-state index < -0.39 is 11.9 Å². The fourth-order valence-electron chi connectivity index (χ4n) is 1.73. The average molecular weight is 364 g/mol. The molecule has 0 aliphatic carbocycles. The quantitative estimate of drug-likeness (QED) is 0.285. The van der Waals surface area contributed by atoms with Gasteiger partial charge in [0.05, 0.1) is 26.4 Å². The van der Waals surface area contributed by atoms with Gasteiger partial charge in [-0.15, -0.1) is 0 Å². The van der Waals surface area contributed by atoms with Gasteiger partial charge in [0.15, 0.2) is 11.5 Å². The summed E-state index contributed by atoms with van der Waals surface area (Å²) in [6.07, 6.45) is 2.78. The number of para-hydroxylation sites is 2. The molecule has 0 unspecified atom stereocenters. The Morgan fingerprint density at radius 1 is 0.769 bits per heavy atom. The standard InChI is InChI=1S/C19H24O7/c1-3-18(20)25-11-7-10-23-16-8-5-6-9-17(16)24-14-12-22-13-15-26-19(21)4-2/h3-6,8-9H,1-2,7,10-15H2. The van der Waals surface area contributed by atoms with Gasteiger partial charge in [-0.3, -0.25) is 0 Å². The van der Waals surface area contributed by atoms with E-state index in [0.717, 1.165) is 12.2 Å². The number of rotatable bonds is 14. The lowest BCUT2D eigenvalue weighted by Gasteiger charge is -2.13. The molecule has 142 valence electrons. The molecule has 1 rings (SSSR count). The van der Waals surface area contributed by atoms with Crippen molar-refractivity contribution in [2.24, 2.45) is 0 Å². The van der Waals surface area contributed by atoms with Crippen LogP contribution in [-0.2, 0) is 23.8 Å². The van der Waals surface area contributed by atoms with Crippen LogP contribution in [0.4, 0.5) is 0 Å². The van der Waals surface area contributed by atoms with Gasteiger partial charge in [0.2, 0.25) is 0 Å². The molecule has 1 aromatic rings. The van der Waals surface area contributed by atoms with Gasteiger partial charge >= 0.3 is 11.9 Å². The smallest absolute Gasteiger partial charge is 0.330 e. The van der Waals surface area contributed by atoms with Crippen molar-refractivity contribution in [1.29, 1.82) is 0 Å². The second-order valence-corrected chi connectivity index (χ2v) is 4.85. The molecule has 0 bridgehead atoms. The molecule has 0 aromatic heterocycles. The summed E-state index contributed by atoms with van der Waals surface area (Å²) in [5, 5.41) is 0. The Kier molecular flexibility index (Phi) is 11.0. The summed E-state index contributed by atoms with van der Waals surface area (Å²) < 4.78 is 26.2. The molecule has 0 aliphatic rings. The van der Waals surface area contributed by atoms with E-state index in [9.17, 15) is 9.59 Å². The van der Waals surface area contributed by atoms with E-state index in [-0.39, 0.29) is 19.8 Å². The molecule has 0 spiro atoms.